The molecule has 3 nitrogen and oxygen atoms in total. The zero-order valence-corrected chi connectivity index (χ0v) is 14.5. The highest BCUT2D eigenvalue weighted by Gasteiger charge is 1.98. The molecular weight excluding hydrogens is 298 g/mol. The van der Waals surface area contributed by atoms with Gasteiger partial charge in [-0.2, -0.15) is 0 Å². The van der Waals surface area contributed by atoms with Gasteiger partial charge in [-0.1, -0.05) is 56.0 Å². The van der Waals surface area contributed by atoms with Crippen molar-refractivity contribution in [3.8, 4) is 11.5 Å². The van der Waals surface area contributed by atoms with Gasteiger partial charge in [-0.15, -0.1) is 0 Å². The molecule has 0 aliphatic heterocycles. The van der Waals surface area contributed by atoms with E-state index in [9.17, 15) is 0 Å². The molecule has 24 heavy (non-hydrogen) atoms. The molecule has 2 N–H and O–H groups in total. The number of rotatable bonds is 12. The summed E-state index contributed by atoms with van der Waals surface area (Å²) in [4.78, 5) is 0. The lowest BCUT2D eigenvalue weighted by Crippen LogP contribution is -1.99. The summed E-state index contributed by atoms with van der Waals surface area (Å²) in [7, 11) is 0. The van der Waals surface area contributed by atoms with Crippen LogP contribution in [0.15, 0.2) is 54.6 Å². The molecule has 0 saturated carbocycles. The molecule has 3 heteroatoms. The van der Waals surface area contributed by atoms with Crippen molar-refractivity contribution in [1.29, 1.82) is 0 Å². The first-order valence-electron chi connectivity index (χ1n) is 8.98. The second-order valence-corrected chi connectivity index (χ2v) is 6.00. The molecule has 0 amide bonds. The lowest BCUT2D eigenvalue weighted by molar-refractivity contribution is 0.296. The first-order chi connectivity index (χ1) is 11.9. The van der Waals surface area contributed by atoms with Gasteiger partial charge in [0.15, 0.2) is 0 Å². The van der Waals surface area contributed by atoms with Crippen molar-refractivity contribution in [2.75, 3.05) is 13.2 Å². The molecule has 0 saturated heterocycles. The molecule has 0 atom stereocenters. The summed E-state index contributed by atoms with van der Waals surface area (Å²) < 4.78 is 11.5. The molecule has 2 aromatic carbocycles. The van der Waals surface area contributed by atoms with Crippen LogP contribution < -0.4 is 15.2 Å². The molecule has 0 unspecified atom stereocenters. The van der Waals surface area contributed by atoms with E-state index < -0.39 is 0 Å². The standard InChI is InChI=1S/C21H29NO2/c22-16-8-3-1-2-4-9-17-23-20-12-14-21(15-13-20)24-18-19-10-6-5-7-11-19/h5-7,10-15H,1-4,8-9,16-18,22H2. The monoisotopic (exact) mass is 327 g/mol. The first-order valence-corrected chi connectivity index (χ1v) is 8.98. The smallest absolute Gasteiger partial charge is 0.120 e. The van der Waals surface area contributed by atoms with Gasteiger partial charge in [-0.25, -0.2) is 0 Å². The van der Waals surface area contributed by atoms with Gasteiger partial charge < -0.3 is 15.2 Å². The van der Waals surface area contributed by atoms with E-state index in [1.807, 2.05) is 42.5 Å². The Morgan fingerprint density at radius 3 is 1.88 bits per heavy atom. The summed E-state index contributed by atoms with van der Waals surface area (Å²) in [6.45, 7) is 2.18. The maximum absolute atomic E-state index is 5.78. The fourth-order valence-corrected chi connectivity index (χ4v) is 2.52. The van der Waals surface area contributed by atoms with Gasteiger partial charge in [0, 0.05) is 0 Å². The maximum Gasteiger partial charge on any atom is 0.120 e. The fraction of sp³-hybridized carbons (Fsp3) is 0.429. The van der Waals surface area contributed by atoms with Crippen LogP contribution in [-0.4, -0.2) is 13.2 Å². The summed E-state index contributed by atoms with van der Waals surface area (Å²) in [6, 6.07) is 18.1. The van der Waals surface area contributed by atoms with Crippen LogP contribution in [0, 0.1) is 0 Å². The van der Waals surface area contributed by atoms with Crippen molar-refractivity contribution >= 4 is 0 Å². The molecule has 0 aliphatic carbocycles. The number of unbranched alkanes of at least 4 members (excludes halogenated alkanes) is 5. The van der Waals surface area contributed by atoms with Crippen molar-refractivity contribution < 1.29 is 9.47 Å². The van der Waals surface area contributed by atoms with Crippen LogP contribution >= 0.6 is 0 Å². The normalized spacial score (nSPS) is 10.5. The summed E-state index contributed by atoms with van der Waals surface area (Å²) in [5.74, 6) is 1.77. The van der Waals surface area contributed by atoms with E-state index in [0.29, 0.717) is 6.61 Å². The Labute approximate surface area is 145 Å². The third kappa shape index (κ3) is 7.51. The molecule has 2 aromatic rings. The molecule has 2 rings (SSSR count). The minimum Gasteiger partial charge on any atom is -0.494 e. The van der Waals surface area contributed by atoms with Crippen molar-refractivity contribution in [1.82, 2.24) is 0 Å². The summed E-state index contributed by atoms with van der Waals surface area (Å²) in [5.41, 5.74) is 6.66. The SMILES string of the molecule is NCCCCCCCCOc1ccc(OCc2ccccc2)cc1. The summed E-state index contributed by atoms with van der Waals surface area (Å²) in [5, 5.41) is 0. The van der Waals surface area contributed by atoms with Crippen LogP contribution in [0.2, 0.25) is 0 Å². The third-order valence-electron chi connectivity index (χ3n) is 3.94. The molecule has 0 radical (unpaired) electrons. The van der Waals surface area contributed by atoms with E-state index >= 15 is 0 Å². The van der Waals surface area contributed by atoms with Crippen molar-refractivity contribution in [2.45, 2.75) is 45.1 Å². The van der Waals surface area contributed by atoms with Crippen LogP contribution in [0.25, 0.3) is 0 Å². The van der Waals surface area contributed by atoms with Crippen molar-refractivity contribution in [2.24, 2.45) is 5.73 Å². The van der Waals surface area contributed by atoms with E-state index in [1.165, 1.54) is 31.2 Å². The number of ether oxygens (including phenoxy) is 2. The van der Waals surface area contributed by atoms with Crippen LogP contribution in [0.4, 0.5) is 0 Å². The number of hydrogen-bond acceptors (Lipinski definition) is 3. The third-order valence-corrected chi connectivity index (χ3v) is 3.94. The van der Waals surface area contributed by atoms with Gasteiger partial charge in [-0.05, 0) is 49.2 Å². The Morgan fingerprint density at radius 2 is 1.21 bits per heavy atom. The van der Waals surface area contributed by atoms with Gasteiger partial charge in [0.05, 0.1) is 6.61 Å². The van der Waals surface area contributed by atoms with E-state index in [1.54, 1.807) is 0 Å². The minimum atomic E-state index is 0.588. The lowest BCUT2D eigenvalue weighted by atomic mass is 10.1. The second kappa shape index (κ2) is 11.5. The van der Waals surface area contributed by atoms with Crippen LogP contribution in [0.1, 0.15) is 44.1 Å². The highest BCUT2D eigenvalue weighted by Crippen LogP contribution is 2.19. The zero-order chi connectivity index (χ0) is 16.9. The zero-order valence-electron chi connectivity index (χ0n) is 14.5. The molecule has 130 valence electrons. The molecule has 0 spiro atoms. The minimum absolute atomic E-state index is 0.588. The van der Waals surface area contributed by atoms with E-state index in [4.69, 9.17) is 15.2 Å². The van der Waals surface area contributed by atoms with Gasteiger partial charge >= 0.3 is 0 Å². The van der Waals surface area contributed by atoms with E-state index in [0.717, 1.165) is 37.5 Å². The van der Waals surface area contributed by atoms with Crippen molar-refractivity contribution in [3.05, 3.63) is 60.2 Å². The number of nitrogens with two attached hydrogens (primary N) is 1. The molecule has 0 aliphatic rings. The maximum atomic E-state index is 5.78. The van der Waals surface area contributed by atoms with Gasteiger partial charge in [0.25, 0.3) is 0 Å². The van der Waals surface area contributed by atoms with Gasteiger partial charge in [0.1, 0.15) is 18.1 Å². The van der Waals surface area contributed by atoms with Crippen molar-refractivity contribution in [3.63, 3.8) is 0 Å². The first kappa shape index (κ1) is 18.3. The molecule has 0 bridgehead atoms. The lowest BCUT2D eigenvalue weighted by Gasteiger charge is -2.09. The Balaban J connectivity index is 1.58. The van der Waals surface area contributed by atoms with Crippen LogP contribution in [0.3, 0.4) is 0 Å². The highest BCUT2D eigenvalue weighted by atomic mass is 16.5. The van der Waals surface area contributed by atoms with Gasteiger partial charge in [0.2, 0.25) is 0 Å². The topological polar surface area (TPSA) is 44.5 Å². The second-order valence-electron chi connectivity index (χ2n) is 6.00. The average Bonchev–Trinajstić information content (AvgIpc) is 2.64. The summed E-state index contributed by atoms with van der Waals surface area (Å²) >= 11 is 0. The van der Waals surface area contributed by atoms with E-state index in [-0.39, 0.29) is 0 Å². The molecule has 0 heterocycles. The number of benzene rings is 2. The van der Waals surface area contributed by atoms with Gasteiger partial charge in [-0.3, -0.25) is 0 Å². The Morgan fingerprint density at radius 1 is 0.625 bits per heavy atom. The van der Waals surface area contributed by atoms with Crippen LogP contribution in [0.5, 0.6) is 11.5 Å². The summed E-state index contributed by atoms with van der Waals surface area (Å²) in [6.07, 6.45) is 7.29. The Hall–Kier alpha value is -2.00. The average molecular weight is 327 g/mol. The largest absolute Gasteiger partial charge is 0.494 e. The van der Waals surface area contributed by atoms with Crippen LogP contribution in [-0.2, 0) is 6.61 Å². The predicted molar refractivity (Wildman–Crippen MR) is 99.5 cm³/mol. The molecule has 0 fully saturated rings. The highest BCUT2D eigenvalue weighted by molar-refractivity contribution is 5.31. The van der Waals surface area contributed by atoms with E-state index in [2.05, 4.69) is 12.1 Å². The number of hydrogen-bond donors (Lipinski definition) is 1. The molecule has 0 aromatic heterocycles. The molecular formula is C21H29NO2. The Bertz CT molecular complexity index is 540. The predicted octanol–water partition coefficient (Wildman–Crippen LogP) is 4.94. The quantitative estimate of drug-likeness (QED) is 0.561. The Kier molecular flexibility index (Phi) is 8.81. The fourth-order valence-electron chi connectivity index (χ4n) is 2.52.